The van der Waals surface area contributed by atoms with Gasteiger partial charge in [0, 0.05) is 16.5 Å². The third-order valence-electron chi connectivity index (χ3n) is 9.45. The molecule has 0 aliphatic heterocycles. The summed E-state index contributed by atoms with van der Waals surface area (Å²) in [4.78, 5) is 10.2. The van der Waals surface area contributed by atoms with Crippen LogP contribution in [0.15, 0.2) is 58.5 Å². The number of allylic oxidation sites excluding steroid dienone is 2. The van der Waals surface area contributed by atoms with Gasteiger partial charge in [-0.2, -0.15) is 0 Å². The van der Waals surface area contributed by atoms with Crippen molar-refractivity contribution in [2.45, 2.75) is 189 Å². The minimum Gasteiger partial charge on any atom is -0.255 e. The predicted molar refractivity (Wildman–Crippen MR) is 213 cm³/mol. The third-order valence-corrected chi connectivity index (χ3v) is 9.45. The van der Waals surface area contributed by atoms with E-state index in [-0.39, 0.29) is 16.5 Å². The molecule has 0 heterocycles. The molecule has 0 unspecified atom stereocenters. The van der Waals surface area contributed by atoms with Gasteiger partial charge in [-0.3, -0.25) is 4.99 Å². The first-order chi connectivity index (χ1) is 23.1. The summed E-state index contributed by atoms with van der Waals surface area (Å²) in [5, 5.41) is 0. The van der Waals surface area contributed by atoms with Crippen molar-refractivity contribution in [1.82, 2.24) is 0 Å². The van der Waals surface area contributed by atoms with E-state index in [9.17, 15) is 0 Å². The van der Waals surface area contributed by atoms with Crippen LogP contribution in [0.2, 0.25) is 0 Å². The molecule has 0 aliphatic rings. The molecule has 3 heteroatoms. The molecule has 0 aliphatic carbocycles. The molecule has 0 radical (unpaired) electrons. The second-order valence-corrected chi connectivity index (χ2v) is 13.8. The number of unbranched alkanes of at least 4 members (excludes halogenated alkanes) is 15. The summed E-state index contributed by atoms with van der Waals surface area (Å²) >= 11 is 0. The van der Waals surface area contributed by atoms with Crippen molar-refractivity contribution in [1.29, 1.82) is 0 Å². The summed E-state index contributed by atoms with van der Waals surface area (Å²) in [7, 11) is 0. The maximum absolute atomic E-state index is 5.20. The molecule has 0 saturated heterocycles. The Hall–Kier alpha value is -1.99. The Labute approximate surface area is 308 Å². The van der Waals surface area contributed by atoms with Crippen molar-refractivity contribution >= 4 is 23.3 Å². The Morgan fingerprint density at radius 1 is 0.479 bits per heavy atom. The average molecular weight is 700 g/mol. The number of hydrogen-bond donors (Lipinski definition) is 0. The van der Waals surface area contributed by atoms with Gasteiger partial charge in [0.05, 0.1) is 23.3 Å². The topological polar surface area (TPSA) is 24.7 Å². The minimum absolute atomic E-state index is 0. The van der Waals surface area contributed by atoms with E-state index in [1.54, 1.807) is 0 Å². The van der Waals surface area contributed by atoms with E-state index >= 15 is 0 Å². The van der Waals surface area contributed by atoms with Gasteiger partial charge in [-0.05, 0) is 117 Å². The first-order valence-corrected chi connectivity index (χ1v) is 20.2. The molecule has 0 fully saturated rings. The molecular weight excluding hydrogens is 627 g/mol. The Bertz CT molecular complexity index is 1160. The average Bonchev–Trinajstić information content (AvgIpc) is 3.08. The van der Waals surface area contributed by atoms with Gasteiger partial charge in [0.25, 0.3) is 0 Å². The zero-order chi connectivity index (χ0) is 33.8. The van der Waals surface area contributed by atoms with Crippen LogP contribution in [0.1, 0.15) is 185 Å². The first-order valence-electron chi connectivity index (χ1n) is 20.2. The van der Waals surface area contributed by atoms with Crippen LogP contribution >= 0.6 is 0 Å². The van der Waals surface area contributed by atoms with Gasteiger partial charge in [-0.15, -0.1) is 0 Å². The normalized spacial score (nSPS) is 12.0. The van der Waals surface area contributed by atoms with Crippen molar-refractivity contribution in [3.63, 3.8) is 0 Å². The fourth-order valence-corrected chi connectivity index (χ4v) is 6.41. The number of aryl methyl sites for hydroxylation is 4. The van der Waals surface area contributed by atoms with Crippen molar-refractivity contribution < 1.29 is 16.5 Å². The molecule has 48 heavy (non-hydrogen) atoms. The van der Waals surface area contributed by atoms with Gasteiger partial charge in [-0.1, -0.05) is 143 Å². The van der Waals surface area contributed by atoms with Crippen LogP contribution < -0.4 is 0 Å². The molecule has 2 nitrogen and oxygen atoms in total. The van der Waals surface area contributed by atoms with Crippen LogP contribution in [0.5, 0.6) is 0 Å². The second-order valence-electron chi connectivity index (χ2n) is 13.8. The Morgan fingerprint density at radius 2 is 0.896 bits per heavy atom. The first kappa shape index (κ1) is 44.0. The smallest absolute Gasteiger partial charge is 0.0816 e. The summed E-state index contributed by atoms with van der Waals surface area (Å²) in [6, 6.07) is 13.9. The van der Waals surface area contributed by atoms with Crippen LogP contribution in [-0.4, -0.2) is 11.9 Å². The summed E-state index contributed by atoms with van der Waals surface area (Å²) in [6.45, 7) is 11.5. The zero-order valence-corrected chi connectivity index (χ0v) is 32.9. The van der Waals surface area contributed by atoms with E-state index in [0.29, 0.717) is 0 Å². The van der Waals surface area contributed by atoms with Gasteiger partial charge < -0.3 is 0 Å². The molecule has 0 atom stereocenters. The van der Waals surface area contributed by atoms with Crippen LogP contribution in [-0.2, 0) is 42.2 Å². The van der Waals surface area contributed by atoms with E-state index in [2.05, 4.69) is 83.2 Å². The van der Waals surface area contributed by atoms with Crippen molar-refractivity contribution in [3.8, 4) is 0 Å². The summed E-state index contributed by atoms with van der Waals surface area (Å²) in [6.07, 6.45) is 37.0. The predicted octanol–water partition coefficient (Wildman–Crippen LogP) is 14.8. The number of benzene rings is 2. The Morgan fingerprint density at radius 3 is 1.42 bits per heavy atom. The monoisotopic (exact) mass is 699 g/mol. The van der Waals surface area contributed by atoms with Crippen LogP contribution in [0, 0.1) is 0 Å². The van der Waals surface area contributed by atoms with Gasteiger partial charge in [-0.25, -0.2) is 4.99 Å². The summed E-state index contributed by atoms with van der Waals surface area (Å²) in [5.41, 5.74) is 9.09. The van der Waals surface area contributed by atoms with Crippen molar-refractivity contribution in [3.05, 3.63) is 70.8 Å². The maximum Gasteiger partial charge on any atom is 0.0816 e. The molecule has 2 rings (SSSR count). The number of nitrogens with zero attached hydrogens (tertiary/aromatic N) is 2. The molecule has 0 bridgehead atoms. The third kappa shape index (κ3) is 19.9. The van der Waals surface area contributed by atoms with E-state index in [1.807, 2.05) is 6.21 Å². The van der Waals surface area contributed by atoms with E-state index < -0.39 is 0 Å². The molecule has 0 spiro atoms. The Kier molecular flexibility index (Phi) is 27.4. The number of hydrogen-bond acceptors (Lipinski definition) is 2. The molecular formula is C45H72N2Ni. The standard InChI is InChI=1S/C45H72N2.Ni/c1-6-11-16-17-18-19-20-21-26-31-45(47-44-35-33-40(28-23-13-8-3)42(37-44)30-25-15-10-5)38-46-43-34-32-39(27-22-12-7-2)41(36-43)29-24-14-9-4;/h26,31-38H,6-25,27-30H2,1-5H3;/b31-26+,46-38+,47-45+;. The summed E-state index contributed by atoms with van der Waals surface area (Å²) < 4.78 is 0. The molecule has 0 saturated carbocycles. The fraction of sp³-hybridized carbons (Fsp3) is 0.644. The molecule has 2 aromatic carbocycles. The molecule has 2 aromatic rings. The van der Waals surface area contributed by atoms with Gasteiger partial charge in [0.2, 0.25) is 0 Å². The van der Waals surface area contributed by atoms with Crippen LogP contribution in [0.25, 0.3) is 0 Å². The van der Waals surface area contributed by atoms with Gasteiger partial charge >= 0.3 is 0 Å². The quantitative estimate of drug-likeness (QED) is 0.0480. The Balaban J connectivity index is 0.0000115. The molecule has 272 valence electrons. The van der Waals surface area contributed by atoms with E-state index in [1.165, 1.54) is 157 Å². The van der Waals surface area contributed by atoms with Gasteiger partial charge in [0.15, 0.2) is 0 Å². The SMILES string of the molecule is CCCCCCCCC/C=C/C(/C=N/c1ccc(CCCCC)c(CCCCC)c1)=N\c1ccc(CCCCC)c(CCCCC)c1.[Ni]. The number of aliphatic imine (C=N–C) groups is 2. The van der Waals surface area contributed by atoms with Crippen molar-refractivity contribution in [2.24, 2.45) is 9.98 Å². The van der Waals surface area contributed by atoms with Crippen LogP contribution in [0.3, 0.4) is 0 Å². The van der Waals surface area contributed by atoms with Gasteiger partial charge in [0.1, 0.15) is 0 Å². The van der Waals surface area contributed by atoms with E-state index in [4.69, 9.17) is 9.98 Å². The molecule has 0 aromatic heterocycles. The zero-order valence-electron chi connectivity index (χ0n) is 31.9. The maximum atomic E-state index is 5.20. The second kappa shape index (κ2) is 29.9. The molecule has 0 amide bonds. The summed E-state index contributed by atoms with van der Waals surface area (Å²) in [5.74, 6) is 0. The van der Waals surface area contributed by atoms with E-state index in [0.717, 1.165) is 36.3 Å². The number of rotatable bonds is 28. The molecule has 0 N–H and O–H groups in total. The fourth-order valence-electron chi connectivity index (χ4n) is 6.41. The largest absolute Gasteiger partial charge is 0.255 e. The minimum atomic E-state index is 0. The van der Waals surface area contributed by atoms with Crippen LogP contribution in [0.4, 0.5) is 11.4 Å². The van der Waals surface area contributed by atoms with Crippen molar-refractivity contribution in [2.75, 3.05) is 0 Å².